The molecule has 0 fully saturated rings. The second-order valence-corrected chi connectivity index (χ2v) is 5.76. The van der Waals surface area contributed by atoms with E-state index >= 15 is 0 Å². The average Bonchev–Trinajstić information content (AvgIpc) is 2.71. The zero-order valence-electron chi connectivity index (χ0n) is 15.6. The van der Waals surface area contributed by atoms with Gasteiger partial charge in [-0.1, -0.05) is 6.92 Å². The Labute approximate surface area is 161 Å². The predicted molar refractivity (Wildman–Crippen MR) is 104 cm³/mol. The van der Waals surface area contributed by atoms with E-state index in [1.807, 2.05) is 6.92 Å². The first-order valence-corrected chi connectivity index (χ1v) is 8.58. The molecule has 2 aromatic carbocycles. The Kier molecular flexibility index (Phi) is 7.32. The molecule has 0 unspecified atom stereocenters. The van der Waals surface area contributed by atoms with Crippen molar-refractivity contribution in [2.24, 2.45) is 0 Å². The van der Waals surface area contributed by atoms with Crippen LogP contribution in [0.4, 0.5) is 17.1 Å². The molecule has 0 aliphatic heterocycles. The van der Waals surface area contributed by atoms with Crippen molar-refractivity contribution in [2.45, 2.75) is 13.3 Å². The van der Waals surface area contributed by atoms with Gasteiger partial charge in [-0.3, -0.25) is 14.9 Å². The fourth-order valence-corrected chi connectivity index (χ4v) is 2.28. The van der Waals surface area contributed by atoms with Gasteiger partial charge in [0.1, 0.15) is 5.75 Å². The molecule has 0 radical (unpaired) electrons. The summed E-state index contributed by atoms with van der Waals surface area (Å²) in [6.45, 7) is 2.24. The van der Waals surface area contributed by atoms with E-state index in [1.54, 1.807) is 24.3 Å². The molecule has 0 aliphatic carbocycles. The number of carbonyl (C=O) groups is 2. The minimum atomic E-state index is -0.544. The van der Waals surface area contributed by atoms with E-state index in [2.05, 4.69) is 10.6 Å². The summed E-state index contributed by atoms with van der Waals surface area (Å²) in [5.74, 6) is -0.563. The van der Waals surface area contributed by atoms with Crippen molar-refractivity contribution in [1.82, 2.24) is 0 Å². The fraction of sp³-hybridized carbons (Fsp3) is 0.263. The summed E-state index contributed by atoms with van der Waals surface area (Å²) in [6.07, 6.45) is 0.750. The summed E-state index contributed by atoms with van der Waals surface area (Å²) in [5, 5.41) is 16.4. The molecule has 2 rings (SSSR count). The molecule has 148 valence electrons. The van der Waals surface area contributed by atoms with Crippen molar-refractivity contribution in [3.05, 3.63) is 58.1 Å². The van der Waals surface area contributed by atoms with Crippen LogP contribution in [0.3, 0.4) is 0 Å². The molecule has 2 aromatic rings. The molecule has 2 N–H and O–H groups in total. The topological polar surface area (TPSA) is 120 Å². The van der Waals surface area contributed by atoms with Gasteiger partial charge in [-0.15, -0.1) is 0 Å². The Morgan fingerprint density at radius 1 is 1.14 bits per heavy atom. The molecule has 9 heteroatoms. The van der Waals surface area contributed by atoms with Gasteiger partial charge in [-0.05, 0) is 36.8 Å². The fourth-order valence-electron chi connectivity index (χ4n) is 2.28. The highest BCUT2D eigenvalue weighted by molar-refractivity contribution is 5.95. The highest BCUT2D eigenvalue weighted by Crippen LogP contribution is 2.28. The second kappa shape index (κ2) is 9.91. The number of esters is 1. The largest absolute Gasteiger partial charge is 0.494 e. The predicted octanol–water partition coefficient (Wildman–Crippen LogP) is 3.22. The Morgan fingerprint density at radius 2 is 1.86 bits per heavy atom. The first-order valence-electron chi connectivity index (χ1n) is 8.58. The lowest BCUT2D eigenvalue weighted by molar-refractivity contribution is -0.384. The van der Waals surface area contributed by atoms with E-state index in [1.165, 1.54) is 25.3 Å². The van der Waals surface area contributed by atoms with Crippen LogP contribution in [0, 0.1) is 10.1 Å². The first-order chi connectivity index (χ1) is 13.4. The van der Waals surface area contributed by atoms with E-state index < -0.39 is 10.9 Å². The molecule has 0 aromatic heterocycles. The number of anilines is 2. The maximum atomic E-state index is 12.1. The minimum absolute atomic E-state index is 0.0419. The first kappa shape index (κ1) is 20.7. The molecule has 0 heterocycles. The van der Waals surface area contributed by atoms with Crippen molar-refractivity contribution >= 4 is 28.9 Å². The van der Waals surface area contributed by atoms with E-state index in [9.17, 15) is 19.7 Å². The van der Waals surface area contributed by atoms with Gasteiger partial charge in [-0.25, -0.2) is 4.79 Å². The van der Waals surface area contributed by atoms with Crippen LogP contribution in [0.1, 0.15) is 23.7 Å². The summed E-state index contributed by atoms with van der Waals surface area (Å²) < 4.78 is 10.1. The number of carbonyl (C=O) groups excluding carboxylic acids is 2. The summed E-state index contributed by atoms with van der Waals surface area (Å²) in [4.78, 5) is 34.1. The Balaban J connectivity index is 1.92. The smallest absolute Gasteiger partial charge is 0.338 e. The third-order valence-corrected chi connectivity index (χ3v) is 3.68. The number of amides is 1. The molecule has 0 saturated carbocycles. The number of nitro groups is 1. The van der Waals surface area contributed by atoms with Gasteiger partial charge in [0.2, 0.25) is 5.91 Å². The maximum absolute atomic E-state index is 12.1. The van der Waals surface area contributed by atoms with Gasteiger partial charge in [0.15, 0.2) is 0 Å². The van der Waals surface area contributed by atoms with Gasteiger partial charge in [0.05, 0.1) is 42.5 Å². The van der Waals surface area contributed by atoms with Gasteiger partial charge < -0.3 is 20.1 Å². The number of hydrogen-bond acceptors (Lipinski definition) is 7. The second-order valence-electron chi connectivity index (χ2n) is 5.76. The monoisotopic (exact) mass is 387 g/mol. The summed E-state index contributed by atoms with van der Waals surface area (Å²) in [5.41, 5.74) is 1.27. The van der Waals surface area contributed by atoms with E-state index in [4.69, 9.17) is 9.47 Å². The average molecular weight is 387 g/mol. The highest BCUT2D eigenvalue weighted by atomic mass is 16.6. The number of methoxy groups -OCH3 is 1. The van der Waals surface area contributed by atoms with Crippen molar-refractivity contribution < 1.29 is 24.0 Å². The number of nitrogens with one attached hydrogen (secondary N) is 2. The molecule has 1 amide bonds. The lowest BCUT2D eigenvalue weighted by Gasteiger charge is -2.11. The zero-order chi connectivity index (χ0) is 20.5. The van der Waals surface area contributed by atoms with Crippen LogP contribution in [-0.2, 0) is 9.53 Å². The number of rotatable bonds is 9. The lowest BCUT2D eigenvalue weighted by atomic mass is 10.2. The lowest BCUT2D eigenvalue weighted by Crippen LogP contribution is -2.22. The number of ether oxygens (including phenoxy) is 2. The van der Waals surface area contributed by atoms with Gasteiger partial charge in [0.25, 0.3) is 5.69 Å². The van der Waals surface area contributed by atoms with Crippen LogP contribution in [-0.4, -0.2) is 37.1 Å². The summed E-state index contributed by atoms with van der Waals surface area (Å²) >= 11 is 0. The van der Waals surface area contributed by atoms with Gasteiger partial charge >= 0.3 is 5.97 Å². The van der Waals surface area contributed by atoms with Crippen LogP contribution in [0.2, 0.25) is 0 Å². The molecule has 0 saturated heterocycles. The molecule has 0 atom stereocenters. The highest BCUT2D eigenvalue weighted by Gasteiger charge is 2.13. The normalized spacial score (nSPS) is 10.1. The number of nitro benzene ring substituents is 1. The number of nitrogens with zero attached hydrogens (tertiary/aromatic N) is 1. The Hall–Kier alpha value is -3.62. The standard InChI is InChI=1S/C19H21N3O6/c1-3-10-28-19(24)13-4-6-14(7-5-13)20-12-18(23)21-16-9-8-15(22(25)26)11-17(16)27-2/h4-9,11,20H,3,10,12H2,1-2H3,(H,21,23). The Morgan fingerprint density at radius 3 is 2.46 bits per heavy atom. The van der Waals surface area contributed by atoms with Crippen molar-refractivity contribution in [1.29, 1.82) is 0 Å². The van der Waals surface area contributed by atoms with Gasteiger partial charge in [-0.2, -0.15) is 0 Å². The molecule has 9 nitrogen and oxygen atoms in total. The number of hydrogen-bond donors (Lipinski definition) is 2. The summed E-state index contributed by atoms with van der Waals surface area (Å²) in [7, 11) is 1.36. The van der Waals surface area contributed by atoms with E-state index in [0.29, 0.717) is 23.5 Å². The zero-order valence-corrected chi connectivity index (χ0v) is 15.6. The van der Waals surface area contributed by atoms with Crippen LogP contribution in [0.5, 0.6) is 5.75 Å². The third-order valence-electron chi connectivity index (χ3n) is 3.68. The van der Waals surface area contributed by atoms with E-state index in [-0.39, 0.29) is 23.9 Å². The van der Waals surface area contributed by atoms with Crippen molar-refractivity contribution in [3.63, 3.8) is 0 Å². The van der Waals surface area contributed by atoms with Crippen LogP contribution in [0.25, 0.3) is 0 Å². The maximum Gasteiger partial charge on any atom is 0.338 e. The number of benzene rings is 2. The van der Waals surface area contributed by atoms with Crippen LogP contribution >= 0.6 is 0 Å². The summed E-state index contributed by atoms with van der Waals surface area (Å²) in [6, 6.07) is 10.5. The van der Waals surface area contributed by atoms with E-state index in [0.717, 1.165) is 6.42 Å². The van der Waals surface area contributed by atoms with Crippen LogP contribution in [0.15, 0.2) is 42.5 Å². The molecule has 0 bridgehead atoms. The van der Waals surface area contributed by atoms with Gasteiger partial charge in [0, 0.05) is 11.8 Å². The third kappa shape index (κ3) is 5.70. The Bertz CT molecular complexity index is 851. The van der Waals surface area contributed by atoms with Crippen molar-refractivity contribution in [2.75, 3.05) is 30.9 Å². The molecule has 28 heavy (non-hydrogen) atoms. The SMILES string of the molecule is CCCOC(=O)c1ccc(NCC(=O)Nc2ccc([N+](=O)[O-])cc2OC)cc1. The van der Waals surface area contributed by atoms with Crippen molar-refractivity contribution in [3.8, 4) is 5.75 Å². The molecule has 0 aliphatic rings. The number of non-ortho nitro benzene ring substituents is 1. The molecular weight excluding hydrogens is 366 g/mol. The minimum Gasteiger partial charge on any atom is -0.494 e. The quantitative estimate of drug-likeness (QED) is 0.385. The molecule has 0 spiro atoms. The van der Waals surface area contributed by atoms with Crippen LogP contribution < -0.4 is 15.4 Å². The molecular formula is C19H21N3O6.